The summed E-state index contributed by atoms with van der Waals surface area (Å²) in [4.78, 5) is 39.2. The molecule has 1 aromatic rings. The van der Waals surface area contributed by atoms with Gasteiger partial charge in [-0.1, -0.05) is 12.1 Å². The molecule has 3 rings (SSSR count). The van der Waals surface area contributed by atoms with Crippen LogP contribution in [0.1, 0.15) is 40.0 Å². The van der Waals surface area contributed by atoms with Crippen molar-refractivity contribution in [1.29, 1.82) is 0 Å². The van der Waals surface area contributed by atoms with Crippen molar-refractivity contribution >= 4 is 17.7 Å². The Balaban J connectivity index is 1.32. The molecule has 3 amide bonds. The summed E-state index contributed by atoms with van der Waals surface area (Å²) in [5.74, 6) is -0.558. The molecule has 0 aliphatic carbocycles. The van der Waals surface area contributed by atoms with Crippen molar-refractivity contribution in [1.82, 2.24) is 10.2 Å². The number of quaternary nitrogens is 1. The Morgan fingerprint density at radius 3 is 2.38 bits per heavy atom. The molecule has 0 aromatic heterocycles. The molecule has 26 heavy (non-hydrogen) atoms. The van der Waals surface area contributed by atoms with E-state index in [-0.39, 0.29) is 24.3 Å². The highest BCUT2D eigenvalue weighted by atomic mass is 16.5. The summed E-state index contributed by atoms with van der Waals surface area (Å²) in [7, 11) is 0. The SMILES string of the molecule is O=C(CCCN1C(=O)c2ccccc2C1=O)NCCC[NH+]1CCOCC1. The molecule has 0 spiro atoms. The van der Waals surface area contributed by atoms with Crippen molar-refractivity contribution < 1.29 is 24.0 Å². The number of amides is 3. The summed E-state index contributed by atoms with van der Waals surface area (Å²) in [6.07, 6.45) is 1.74. The van der Waals surface area contributed by atoms with Gasteiger partial charge in [0.05, 0.1) is 30.9 Å². The zero-order valence-electron chi connectivity index (χ0n) is 15.0. The first-order valence-electron chi connectivity index (χ1n) is 9.30. The molecule has 1 saturated heterocycles. The fraction of sp³-hybridized carbons (Fsp3) is 0.526. The van der Waals surface area contributed by atoms with E-state index in [2.05, 4.69) is 5.32 Å². The van der Waals surface area contributed by atoms with E-state index in [0.717, 1.165) is 39.3 Å². The first-order valence-corrected chi connectivity index (χ1v) is 9.30. The van der Waals surface area contributed by atoms with Crippen molar-refractivity contribution in [3.8, 4) is 0 Å². The molecular formula is C19H26N3O4+. The van der Waals surface area contributed by atoms with E-state index in [0.29, 0.717) is 30.5 Å². The summed E-state index contributed by atoms with van der Waals surface area (Å²) in [5, 5.41) is 2.92. The molecule has 7 heteroatoms. The lowest BCUT2D eigenvalue weighted by molar-refractivity contribution is -0.908. The summed E-state index contributed by atoms with van der Waals surface area (Å²) in [5.41, 5.74) is 0.903. The Morgan fingerprint density at radius 2 is 1.73 bits per heavy atom. The Hall–Kier alpha value is -2.25. The lowest BCUT2D eigenvalue weighted by Crippen LogP contribution is -3.14. The van der Waals surface area contributed by atoms with E-state index in [1.54, 1.807) is 24.3 Å². The van der Waals surface area contributed by atoms with Gasteiger partial charge in [-0.3, -0.25) is 19.3 Å². The molecule has 0 atom stereocenters. The monoisotopic (exact) mass is 360 g/mol. The quantitative estimate of drug-likeness (QED) is 0.483. The maximum Gasteiger partial charge on any atom is 0.261 e. The molecule has 1 aromatic carbocycles. The molecule has 7 nitrogen and oxygen atoms in total. The van der Waals surface area contributed by atoms with E-state index in [1.165, 1.54) is 9.80 Å². The van der Waals surface area contributed by atoms with Crippen LogP contribution in [0.5, 0.6) is 0 Å². The number of nitrogens with one attached hydrogen (secondary N) is 2. The highest BCUT2D eigenvalue weighted by Crippen LogP contribution is 2.22. The Morgan fingerprint density at radius 1 is 1.08 bits per heavy atom. The van der Waals surface area contributed by atoms with Gasteiger partial charge in [-0.15, -0.1) is 0 Å². The Bertz CT molecular complexity index is 636. The topological polar surface area (TPSA) is 80.2 Å². The van der Waals surface area contributed by atoms with Crippen LogP contribution in [-0.4, -0.2) is 68.6 Å². The van der Waals surface area contributed by atoms with Crippen molar-refractivity contribution in [2.24, 2.45) is 0 Å². The average Bonchev–Trinajstić information content (AvgIpc) is 2.91. The standard InChI is InChI=1S/C19H25N3O4/c23-17(20-8-4-9-21-11-13-26-14-12-21)7-3-10-22-18(24)15-5-1-2-6-16(15)19(22)25/h1-2,5-6H,3-4,7-14H2,(H,20,23)/p+1. The number of nitrogens with zero attached hydrogens (tertiary/aromatic N) is 1. The largest absolute Gasteiger partial charge is 0.370 e. The summed E-state index contributed by atoms with van der Waals surface area (Å²) in [6, 6.07) is 6.83. The van der Waals surface area contributed by atoms with Crippen LogP contribution < -0.4 is 10.2 Å². The van der Waals surface area contributed by atoms with Crippen molar-refractivity contribution in [2.45, 2.75) is 19.3 Å². The van der Waals surface area contributed by atoms with Gasteiger partial charge in [0.15, 0.2) is 0 Å². The molecule has 0 bridgehead atoms. The molecule has 1 fully saturated rings. The fourth-order valence-electron chi connectivity index (χ4n) is 3.40. The van der Waals surface area contributed by atoms with Crippen LogP contribution in [-0.2, 0) is 9.53 Å². The van der Waals surface area contributed by atoms with Crippen LogP contribution >= 0.6 is 0 Å². The maximum atomic E-state index is 12.2. The molecule has 0 saturated carbocycles. The lowest BCUT2D eigenvalue weighted by Gasteiger charge is -2.23. The van der Waals surface area contributed by atoms with Crippen LogP contribution in [0.4, 0.5) is 0 Å². The van der Waals surface area contributed by atoms with Gasteiger partial charge < -0.3 is 15.0 Å². The Labute approximate surface area is 153 Å². The van der Waals surface area contributed by atoms with Crippen LogP contribution in [0.25, 0.3) is 0 Å². The second-order valence-corrected chi connectivity index (χ2v) is 6.73. The van der Waals surface area contributed by atoms with Crippen molar-refractivity contribution in [3.05, 3.63) is 35.4 Å². The van der Waals surface area contributed by atoms with Crippen molar-refractivity contribution in [3.63, 3.8) is 0 Å². The van der Waals surface area contributed by atoms with E-state index in [1.807, 2.05) is 0 Å². The lowest BCUT2D eigenvalue weighted by atomic mass is 10.1. The minimum absolute atomic E-state index is 0.0291. The smallest absolute Gasteiger partial charge is 0.261 e. The molecule has 2 heterocycles. The van der Waals surface area contributed by atoms with E-state index < -0.39 is 0 Å². The highest BCUT2D eigenvalue weighted by molar-refractivity contribution is 6.21. The normalized spacial score (nSPS) is 17.5. The van der Waals surface area contributed by atoms with E-state index in [4.69, 9.17) is 4.74 Å². The summed E-state index contributed by atoms with van der Waals surface area (Å²) < 4.78 is 5.32. The third kappa shape index (κ3) is 4.47. The molecule has 2 aliphatic rings. The predicted molar refractivity (Wildman–Crippen MR) is 95.1 cm³/mol. The zero-order chi connectivity index (χ0) is 18.4. The predicted octanol–water partition coefficient (Wildman–Crippen LogP) is -0.516. The zero-order valence-corrected chi connectivity index (χ0v) is 15.0. The van der Waals surface area contributed by atoms with Crippen molar-refractivity contribution in [2.75, 3.05) is 45.9 Å². The average molecular weight is 360 g/mol. The van der Waals surface area contributed by atoms with E-state index >= 15 is 0 Å². The summed E-state index contributed by atoms with van der Waals surface area (Å²) >= 11 is 0. The number of ether oxygens (including phenoxy) is 1. The van der Waals surface area contributed by atoms with Gasteiger partial charge in [0.2, 0.25) is 5.91 Å². The molecule has 0 radical (unpaired) electrons. The van der Waals surface area contributed by atoms with Gasteiger partial charge in [-0.25, -0.2) is 0 Å². The fourth-order valence-corrected chi connectivity index (χ4v) is 3.40. The minimum Gasteiger partial charge on any atom is -0.370 e. The number of imide groups is 1. The molecular weight excluding hydrogens is 334 g/mol. The highest BCUT2D eigenvalue weighted by Gasteiger charge is 2.34. The number of hydrogen-bond donors (Lipinski definition) is 2. The molecule has 0 unspecified atom stereocenters. The summed E-state index contributed by atoms with van der Waals surface area (Å²) in [6.45, 7) is 5.69. The number of rotatable bonds is 8. The van der Waals surface area contributed by atoms with Crippen LogP contribution in [0.3, 0.4) is 0 Å². The first-order chi connectivity index (χ1) is 12.7. The van der Waals surface area contributed by atoms with Crippen LogP contribution in [0.2, 0.25) is 0 Å². The number of carbonyl (C=O) groups is 3. The third-order valence-electron chi connectivity index (χ3n) is 4.89. The van der Waals surface area contributed by atoms with Gasteiger partial charge in [0, 0.05) is 25.9 Å². The minimum atomic E-state index is -0.264. The van der Waals surface area contributed by atoms with Gasteiger partial charge in [0.1, 0.15) is 13.1 Å². The van der Waals surface area contributed by atoms with Gasteiger partial charge in [-0.05, 0) is 18.6 Å². The van der Waals surface area contributed by atoms with Gasteiger partial charge >= 0.3 is 0 Å². The Kier molecular flexibility index (Phi) is 6.35. The van der Waals surface area contributed by atoms with E-state index in [9.17, 15) is 14.4 Å². The van der Waals surface area contributed by atoms with Gasteiger partial charge in [0.25, 0.3) is 11.8 Å². The second-order valence-electron chi connectivity index (χ2n) is 6.73. The van der Waals surface area contributed by atoms with Gasteiger partial charge in [-0.2, -0.15) is 0 Å². The maximum absolute atomic E-state index is 12.2. The number of carbonyl (C=O) groups excluding carboxylic acids is 3. The number of hydrogen-bond acceptors (Lipinski definition) is 4. The first kappa shape index (κ1) is 18.5. The third-order valence-corrected chi connectivity index (χ3v) is 4.89. The second kappa shape index (κ2) is 8.91. The number of benzene rings is 1. The van der Waals surface area contributed by atoms with Crippen LogP contribution in [0.15, 0.2) is 24.3 Å². The molecule has 140 valence electrons. The number of fused-ring (bicyclic) bond motifs is 1. The molecule has 2 N–H and O–H groups in total. The molecule has 2 aliphatic heterocycles. The van der Waals surface area contributed by atoms with Crippen LogP contribution in [0, 0.1) is 0 Å². The number of morpholine rings is 1.